The number of pyridine rings is 1. The van der Waals surface area contributed by atoms with Crippen molar-refractivity contribution >= 4 is 28.6 Å². The van der Waals surface area contributed by atoms with Gasteiger partial charge in [-0.25, -0.2) is 9.78 Å². The van der Waals surface area contributed by atoms with E-state index in [0.717, 1.165) is 22.2 Å². The van der Waals surface area contributed by atoms with E-state index in [4.69, 9.17) is 14.2 Å². The van der Waals surface area contributed by atoms with Gasteiger partial charge < -0.3 is 19.5 Å². The smallest absolute Gasteiger partial charge is 0.343 e. The fraction of sp³-hybridized carbons (Fsp3) is 0.259. The van der Waals surface area contributed by atoms with Crippen LogP contribution in [0.5, 0.6) is 11.5 Å². The number of nitrogens with zero attached hydrogens (tertiary/aromatic N) is 3. The molecule has 0 saturated heterocycles. The van der Waals surface area contributed by atoms with Crippen LogP contribution in [0.15, 0.2) is 60.8 Å². The lowest BCUT2D eigenvalue weighted by Crippen LogP contribution is -2.19. The molecule has 2 aromatic heterocycles. The predicted octanol–water partition coefficient (Wildman–Crippen LogP) is 4.71. The predicted molar refractivity (Wildman–Crippen MR) is 136 cm³/mol. The number of esters is 1. The molecule has 9 heteroatoms. The van der Waals surface area contributed by atoms with Gasteiger partial charge in [0.05, 0.1) is 32.0 Å². The van der Waals surface area contributed by atoms with Crippen LogP contribution in [-0.2, 0) is 9.53 Å². The second-order valence-corrected chi connectivity index (χ2v) is 8.03. The Morgan fingerprint density at radius 3 is 2.56 bits per heavy atom. The van der Waals surface area contributed by atoms with E-state index >= 15 is 0 Å². The van der Waals surface area contributed by atoms with Gasteiger partial charge in [0.15, 0.2) is 11.6 Å². The zero-order chi connectivity index (χ0) is 25.5. The van der Waals surface area contributed by atoms with Crippen molar-refractivity contribution in [2.75, 3.05) is 25.6 Å². The maximum atomic E-state index is 12.8. The van der Waals surface area contributed by atoms with Crippen molar-refractivity contribution in [1.29, 1.82) is 0 Å². The molecule has 0 saturated carbocycles. The molecule has 0 bridgehead atoms. The first-order valence-electron chi connectivity index (χ1n) is 11.7. The molecule has 0 spiro atoms. The van der Waals surface area contributed by atoms with Crippen molar-refractivity contribution in [3.8, 4) is 17.3 Å². The molecule has 0 unspecified atom stereocenters. The van der Waals surface area contributed by atoms with Crippen LogP contribution < -0.4 is 14.8 Å². The van der Waals surface area contributed by atoms with E-state index in [0.29, 0.717) is 24.6 Å². The Balaban J connectivity index is 1.50. The standard InChI is InChI=1S/C27H28N4O5/c1-4-35-27(33)22-17-28-31(24-16-18(2)21-8-5-6-9-23(21)29-24)26(22)30-25(32)10-7-15-36-20-13-11-19(34-3)12-14-20/h5-6,8-9,11-14,16-17H,4,7,10,15H2,1-3H3,(H,30,32). The molecule has 0 radical (unpaired) electrons. The van der Waals surface area contributed by atoms with E-state index in [2.05, 4.69) is 15.4 Å². The number of aromatic nitrogens is 3. The van der Waals surface area contributed by atoms with Crippen LogP contribution in [0, 0.1) is 6.92 Å². The minimum Gasteiger partial charge on any atom is -0.497 e. The summed E-state index contributed by atoms with van der Waals surface area (Å²) >= 11 is 0. The van der Waals surface area contributed by atoms with Crippen molar-refractivity contribution in [1.82, 2.24) is 14.8 Å². The molecule has 0 atom stereocenters. The zero-order valence-corrected chi connectivity index (χ0v) is 20.5. The van der Waals surface area contributed by atoms with Crippen LogP contribution in [0.4, 0.5) is 5.82 Å². The number of carbonyl (C=O) groups excluding carboxylic acids is 2. The Kier molecular flexibility index (Phi) is 7.79. The summed E-state index contributed by atoms with van der Waals surface area (Å²) in [7, 11) is 1.60. The molecule has 0 aliphatic heterocycles. The monoisotopic (exact) mass is 488 g/mol. The number of rotatable bonds is 10. The number of aryl methyl sites for hydroxylation is 1. The number of ether oxygens (including phenoxy) is 3. The molecule has 36 heavy (non-hydrogen) atoms. The molecule has 0 aliphatic carbocycles. The number of hydrogen-bond acceptors (Lipinski definition) is 7. The summed E-state index contributed by atoms with van der Waals surface area (Å²) in [5.74, 6) is 1.29. The lowest BCUT2D eigenvalue weighted by molar-refractivity contribution is -0.116. The van der Waals surface area contributed by atoms with Crippen molar-refractivity contribution < 1.29 is 23.8 Å². The van der Waals surface area contributed by atoms with Crippen LogP contribution in [0.2, 0.25) is 0 Å². The molecule has 2 aromatic carbocycles. The van der Waals surface area contributed by atoms with Gasteiger partial charge in [0.25, 0.3) is 0 Å². The molecule has 1 amide bonds. The molecule has 1 N–H and O–H groups in total. The summed E-state index contributed by atoms with van der Waals surface area (Å²) in [4.78, 5) is 30.0. The zero-order valence-electron chi connectivity index (χ0n) is 20.5. The maximum absolute atomic E-state index is 12.8. The Morgan fingerprint density at radius 2 is 1.81 bits per heavy atom. The van der Waals surface area contributed by atoms with Gasteiger partial charge in [-0.15, -0.1) is 0 Å². The van der Waals surface area contributed by atoms with Crippen molar-refractivity contribution in [3.05, 3.63) is 71.9 Å². The first kappa shape index (κ1) is 24.7. The molecular formula is C27H28N4O5. The van der Waals surface area contributed by atoms with Crippen molar-refractivity contribution in [3.63, 3.8) is 0 Å². The largest absolute Gasteiger partial charge is 0.497 e. The average Bonchev–Trinajstić information content (AvgIpc) is 3.30. The molecule has 186 valence electrons. The van der Waals surface area contributed by atoms with E-state index in [9.17, 15) is 9.59 Å². The molecule has 0 fully saturated rings. The van der Waals surface area contributed by atoms with E-state index in [1.165, 1.54) is 10.9 Å². The van der Waals surface area contributed by atoms with Gasteiger partial charge in [0, 0.05) is 11.8 Å². The highest BCUT2D eigenvalue weighted by molar-refractivity contribution is 6.00. The second kappa shape index (κ2) is 11.4. The van der Waals surface area contributed by atoms with Crippen molar-refractivity contribution in [2.45, 2.75) is 26.7 Å². The van der Waals surface area contributed by atoms with Gasteiger partial charge in [0.1, 0.15) is 17.1 Å². The highest BCUT2D eigenvalue weighted by atomic mass is 16.5. The summed E-state index contributed by atoms with van der Waals surface area (Å²) < 4.78 is 17.4. The van der Waals surface area contributed by atoms with Gasteiger partial charge in [0.2, 0.25) is 5.91 Å². The number of fused-ring (bicyclic) bond motifs is 1. The first-order valence-corrected chi connectivity index (χ1v) is 11.7. The highest BCUT2D eigenvalue weighted by Gasteiger charge is 2.22. The molecule has 2 heterocycles. The number of benzene rings is 2. The van der Waals surface area contributed by atoms with Crippen LogP contribution in [0.1, 0.15) is 35.7 Å². The normalized spacial score (nSPS) is 10.8. The lowest BCUT2D eigenvalue weighted by Gasteiger charge is -2.12. The third-order valence-electron chi connectivity index (χ3n) is 5.53. The Hall–Kier alpha value is -4.40. The van der Waals surface area contributed by atoms with Crippen LogP contribution in [-0.4, -0.2) is 47.0 Å². The molecule has 9 nitrogen and oxygen atoms in total. The van der Waals surface area contributed by atoms with Gasteiger partial charge in [-0.3, -0.25) is 4.79 Å². The Labute approximate surface area is 209 Å². The fourth-order valence-corrected chi connectivity index (χ4v) is 3.73. The van der Waals surface area contributed by atoms with E-state index in [1.54, 1.807) is 14.0 Å². The summed E-state index contributed by atoms with van der Waals surface area (Å²) in [6.07, 6.45) is 2.05. The fourth-order valence-electron chi connectivity index (χ4n) is 3.73. The van der Waals surface area contributed by atoms with Gasteiger partial charge in [-0.2, -0.15) is 9.78 Å². The minimum absolute atomic E-state index is 0.160. The summed E-state index contributed by atoms with van der Waals surface area (Å²) in [5.41, 5.74) is 1.94. The Morgan fingerprint density at radius 1 is 1.06 bits per heavy atom. The van der Waals surface area contributed by atoms with Crippen LogP contribution in [0.3, 0.4) is 0 Å². The molecule has 4 aromatic rings. The van der Waals surface area contributed by atoms with Crippen LogP contribution in [0.25, 0.3) is 16.7 Å². The lowest BCUT2D eigenvalue weighted by atomic mass is 10.1. The van der Waals surface area contributed by atoms with E-state index in [1.807, 2.05) is 61.5 Å². The third kappa shape index (κ3) is 5.63. The molecule has 4 rings (SSSR count). The highest BCUT2D eigenvalue weighted by Crippen LogP contribution is 2.25. The van der Waals surface area contributed by atoms with Gasteiger partial charge in [-0.1, -0.05) is 18.2 Å². The SMILES string of the molecule is CCOC(=O)c1cnn(-c2cc(C)c3ccccc3n2)c1NC(=O)CCCOc1ccc(OC)cc1. The van der Waals surface area contributed by atoms with E-state index in [-0.39, 0.29) is 30.3 Å². The number of anilines is 1. The molecular weight excluding hydrogens is 460 g/mol. The topological polar surface area (TPSA) is 105 Å². The maximum Gasteiger partial charge on any atom is 0.343 e. The summed E-state index contributed by atoms with van der Waals surface area (Å²) in [6, 6.07) is 16.8. The minimum atomic E-state index is -0.570. The third-order valence-corrected chi connectivity index (χ3v) is 5.53. The Bertz CT molecular complexity index is 1360. The van der Waals surface area contributed by atoms with Crippen molar-refractivity contribution in [2.24, 2.45) is 0 Å². The number of methoxy groups -OCH3 is 1. The van der Waals surface area contributed by atoms with Crippen LogP contribution >= 0.6 is 0 Å². The number of carbonyl (C=O) groups is 2. The number of nitrogens with one attached hydrogen (secondary N) is 1. The quantitative estimate of drug-likeness (QED) is 0.255. The van der Waals surface area contributed by atoms with E-state index < -0.39 is 5.97 Å². The molecule has 0 aliphatic rings. The number of amides is 1. The van der Waals surface area contributed by atoms with Gasteiger partial charge >= 0.3 is 5.97 Å². The second-order valence-electron chi connectivity index (χ2n) is 8.03. The average molecular weight is 489 g/mol. The first-order chi connectivity index (χ1) is 17.5. The summed E-state index contributed by atoms with van der Waals surface area (Å²) in [5, 5.41) is 8.19. The number of hydrogen-bond donors (Lipinski definition) is 1. The number of para-hydroxylation sites is 1. The van der Waals surface area contributed by atoms with Gasteiger partial charge in [-0.05, 0) is 62.2 Å². The summed E-state index contributed by atoms with van der Waals surface area (Å²) in [6.45, 7) is 4.25.